The maximum Gasteiger partial charge on any atom is 0.573 e. The number of rotatable bonds is 5. The van der Waals surface area contributed by atoms with E-state index in [4.69, 9.17) is 0 Å². The van der Waals surface area contributed by atoms with Crippen LogP contribution in [0, 0.1) is 0 Å². The second-order valence-corrected chi connectivity index (χ2v) is 8.87. The van der Waals surface area contributed by atoms with E-state index in [1.54, 1.807) is 12.3 Å². The Morgan fingerprint density at radius 3 is 2.43 bits per heavy atom. The molecule has 5 nitrogen and oxygen atoms in total. The Kier molecular flexibility index (Phi) is 6.30. The van der Waals surface area contributed by atoms with Gasteiger partial charge in [-0.15, -0.1) is 13.2 Å². The Labute approximate surface area is 201 Å². The maximum atomic E-state index is 12.6. The highest BCUT2D eigenvalue weighted by molar-refractivity contribution is 5.84. The maximum absolute atomic E-state index is 12.6. The predicted molar refractivity (Wildman–Crippen MR) is 131 cm³/mol. The fourth-order valence-electron chi connectivity index (χ4n) is 4.45. The lowest BCUT2D eigenvalue weighted by atomic mass is 9.89. The third-order valence-corrected chi connectivity index (χ3v) is 6.34. The number of alkyl halides is 3. The van der Waals surface area contributed by atoms with Gasteiger partial charge >= 0.3 is 6.36 Å². The molecule has 1 aliphatic rings. The first-order valence-corrected chi connectivity index (χ1v) is 11.5. The average molecular weight is 479 g/mol. The second kappa shape index (κ2) is 9.54. The molecule has 0 spiro atoms. The quantitative estimate of drug-likeness (QED) is 0.344. The number of piperidine rings is 1. The third-order valence-electron chi connectivity index (χ3n) is 6.34. The molecule has 1 aromatic heterocycles. The predicted octanol–water partition coefficient (Wildman–Crippen LogP) is 6.75. The molecule has 2 heterocycles. The zero-order chi connectivity index (χ0) is 24.4. The van der Waals surface area contributed by atoms with Crippen LogP contribution >= 0.6 is 0 Å². The standard InChI is InChI=1S/C27H25F3N4O/c1-34-13-11-19(12-14-34)18-7-9-23(10-8-18)32-26-31-17-22-6-5-21(16-25(22)33-26)20-3-2-4-24(15-20)35-27(28,29)30/h2-10,15-17,19H,11-14H2,1H3,(H,31,32,33). The molecule has 35 heavy (non-hydrogen) atoms. The minimum atomic E-state index is -4.73. The summed E-state index contributed by atoms with van der Waals surface area (Å²) < 4.78 is 41.8. The third kappa shape index (κ3) is 5.71. The Morgan fingerprint density at radius 1 is 0.943 bits per heavy atom. The van der Waals surface area contributed by atoms with Crippen molar-refractivity contribution < 1.29 is 17.9 Å². The van der Waals surface area contributed by atoms with Gasteiger partial charge in [-0.25, -0.2) is 9.97 Å². The van der Waals surface area contributed by atoms with Crippen LogP contribution in [0.3, 0.4) is 0 Å². The van der Waals surface area contributed by atoms with Gasteiger partial charge in [-0.3, -0.25) is 0 Å². The summed E-state index contributed by atoms with van der Waals surface area (Å²) in [5.74, 6) is 0.787. The van der Waals surface area contributed by atoms with Crippen molar-refractivity contribution in [1.82, 2.24) is 14.9 Å². The SMILES string of the molecule is CN1CCC(c2ccc(Nc3ncc4ccc(-c5cccc(OC(F)(F)F)c5)cc4n3)cc2)CC1. The zero-order valence-corrected chi connectivity index (χ0v) is 19.2. The molecular weight excluding hydrogens is 453 g/mol. The normalized spacial score (nSPS) is 15.3. The minimum absolute atomic E-state index is 0.260. The van der Waals surface area contributed by atoms with E-state index in [0.29, 0.717) is 22.9 Å². The van der Waals surface area contributed by atoms with Crippen LogP contribution in [0.25, 0.3) is 22.0 Å². The largest absolute Gasteiger partial charge is 0.573 e. The van der Waals surface area contributed by atoms with E-state index in [1.165, 1.54) is 36.6 Å². The summed E-state index contributed by atoms with van der Waals surface area (Å²) in [6.45, 7) is 2.24. The topological polar surface area (TPSA) is 50.3 Å². The summed E-state index contributed by atoms with van der Waals surface area (Å²) in [6, 6.07) is 19.8. The molecule has 3 aromatic carbocycles. The van der Waals surface area contributed by atoms with Gasteiger partial charge in [0.25, 0.3) is 0 Å². The highest BCUT2D eigenvalue weighted by Crippen LogP contribution is 2.31. The van der Waals surface area contributed by atoms with Gasteiger partial charge in [0.2, 0.25) is 5.95 Å². The molecular formula is C27H25F3N4O. The summed E-state index contributed by atoms with van der Waals surface area (Å²) in [5.41, 5.74) is 4.27. The number of halogens is 3. The number of ether oxygens (including phenoxy) is 1. The lowest BCUT2D eigenvalue weighted by Crippen LogP contribution is -2.29. The van der Waals surface area contributed by atoms with Crippen molar-refractivity contribution >= 4 is 22.5 Å². The number of hydrogen-bond donors (Lipinski definition) is 1. The molecule has 8 heteroatoms. The van der Waals surface area contributed by atoms with E-state index in [1.807, 2.05) is 30.3 Å². The van der Waals surface area contributed by atoms with Crippen LogP contribution in [0.4, 0.5) is 24.8 Å². The highest BCUT2D eigenvalue weighted by atomic mass is 19.4. The molecule has 0 saturated carbocycles. The first kappa shape index (κ1) is 23.1. The van der Waals surface area contributed by atoms with Gasteiger partial charge in [0.1, 0.15) is 5.75 Å². The van der Waals surface area contributed by atoms with Crippen LogP contribution in [0.2, 0.25) is 0 Å². The molecule has 1 N–H and O–H groups in total. The fraction of sp³-hybridized carbons (Fsp3) is 0.259. The molecule has 1 fully saturated rings. The van der Waals surface area contributed by atoms with Crippen molar-refractivity contribution in [2.75, 3.05) is 25.5 Å². The first-order chi connectivity index (χ1) is 16.8. The van der Waals surface area contributed by atoms with E-state index in [9.17, 15) is 13.2 Å². The molecule has 1 saturated heterocycles. The van der Waals surface area contributed by atoms with Gasteiger partial charge in [-0.05, 0) is 85.9 Å². The number of benzene rings is 3. The summed E-state index contributed by atoms with van der Waals surface area (Å²) in [5, 5.41) is 4.08. The molecule has 0 radical (unpaired) electrons. The Balaban J connectivity index is 1.34. The number of fused-ring (bicyclic) bond motifs is 1. The monoisotopic (exact) mass is 478 g/mol. The number of hydrogen-bond acceptors (Lipinski definition) is 5. The number of anilines is 2. The van der Waals surface area contributed by atoms with Crippen molar-refractivity contribution in [2.24, 2.45) is 0 Å². The number of aromatic nitrogens is 2. The van der Waals surface area contributed by atoms with E-state index in [0.717, 1.165) is 29.7 Å². The molecule has 0 atom stereocenters. The molecule has 180 valence electrons. The van der Waals surface area contributed by atoms with Crippen molar-refractivity contribution in [3.05, 3.63) is 78.5 Å². The summed E-state index contributed by atoms with van der Waals surface area (Å²) >= 11 is 0. The molecule has 0 amide bonds. The van der Waals surface area contributed by atoms with E-state index in [2.05, 4.69) is 44.1 Å². The van der Waals surface area contributed by atoms with Gasteiger partial charge in [-0.2, -0.15) is 0 Å². The summed E-state index contributed by atoms with van der Waals surface area (Å²) in [6.07, 6.45) is -0.666. The molecule has 1 aliphatic heterocycles. The lowest BCUT2D eigenvalue weighted by Gasteiger charge is -2.29. The van der Waals surface area contributed by atoms with Crippen LogP contribution in [0.15, 0.2) is 72.9 Å². The fourth-order valence-corrected chi connectivity index (χ4v) is 4.45. The van der Waals surface area contributed by atoms with Crippen molar-refractivity contribution in [2.45, 2.75) is 25.1 Å². The van der Waals surface area contributed by atoms with Crippen LogP contribution < -0.4 is 10.1 Å². The Morgan fingerprint density at radius 2 is 1.69 bits per heavy atom. The molecule has 0 bridgehead atoms. The number of nitrogens with zero attached hydrogens (tertiary/aromatic N) is 3. The smallest absolute Gasteiger partial charge is 0.406 e. The van der Waals surface area contributed by atoms with Crippen LogP contribution in [0.1, 0.15) is 24.3 Å². The summed E-state index contributed by atoms with van der Waals surface area (Å²) in [7, 11) is 2.16. The molecule has 0 unspecified atom stereocenters. The minimum Gasteiger partial charge on any atom is -0.406 e. The summed E-state index contributed by atoms with van der Waals surface area (Å²) in [4.78, 5) is 11.4. The van der Waals surface area contributed by atoms with Crippen LogP contribution in [-0.2, 0) is 0 Å². The Hall–Kier alpha value is -3.65. The van der Waals surface area contributed by atoms with Crippen molar-refractivity contribution in [3.8, 4) is 16.9 Å². The van der Waals surface area contributed by atoms with E-state index < -0.39 is 6.36 Å². The Bertz CT molecular complexity index is 1320. The van der Waals surface area contributed by atoms with Gasteiger partial charge < -0.3 is 15.0 Å². The van der Waals surface area contributed by atoms with Crippen LogP contribution in [-0.4, -0.2) is 41.4 Å². The van der Waals surface area contributed by atoms with Crippen molar-refractivity contribution in [1.29, 1.82) is 0 Å². The second-order valence-electron chi connectivity index (χ2n) is 8.87. The van der Waals surface area contributed by atoms with E-state index >= 15 is 0 Å². The molecule has 4 aromatic rings. The van der Waals surface area contributed by atoms with Gasteiger partial charge in [0.05, 0.1) is 5.52 Å². The van der Waals surface area contributed by atoms with E-state index in [-0.39, 0.29) is 5.75 Å². The molecule has 5 rings (SSSR count). The molecule has 0 aliphatic carbocycles. The van der Waals surface area contributed by atoms with Gasteiger partial charge in [-0.1, -0.05) is 36.4 Å². The van der Waals surface area contributed by atoms with Gasteiger partial charge in [0.15, 0.2) is 0 Å². The van der Waals surface area contributed by atoms with Crippen molar-refractivity contribution in [3.63, 3.8) is 0 Å². The first-order valence-electron chi connectivity index (χ1n) is 11.5. The lowest BCUT2D eigenvalue weighted by molar-refractivity contribution is -0.274. The highest BCUT2D eigenvalue weighted by Gasteiger charge is 2.31. The number of nitrogens with one attached hydrogen (secondary N) is 1. The zero-order valence-electron chi connectivity index (χ0n) is 19.2. The van der Waals surface area contributed by atoms with Crippen LogP contribution in [0.5, 0.6) is 5.75 Å². The van der Waals surface area contributed by atoms with Gasteiger partial charge in [0, 0.05) is 17.3 Å². The average Bonchev–Trinajstić information content (AvgIpc) is 2.84. The number of likely N-dealkylation sites (tertiary alicyclic amines) is 1.